The van der Waals surface area contributed by atoms with Gasteiger partial charge in [0.25, 0.3) is 5.91 Å². The molecule has 0 radical (unpaired) electrons. The summed E-state index contributed by atoms with van der Waals surface area (Å²) in [5.41, 5.74) is 1.45. The van der Waals surface area contributed by atoms with Gasteiger partial charge in [0.05, 0.1) is 11.3 Å². The summed E-state index contributed by atoms with van der Waals surface area (Å²) < 4.78 is 6.43. The van der Waals surface area contributed by atoms with Gasteiger partial charge in [0.1, 0.15) is 6.33 Å². The van der Waals surface area contributed by atoms with Crippen LogP contribution in [0, 0.1) is 0 Å². The number of aromatic nitrogens is 4. The minimum atomic E-state index is -0.624. The van der Waals surface area contributed by atoms with Gasteiger partial charge in [-0.2, -0.15) is 0 Å². The molecular formula is C16H12ClN5O3. The normalized spacial score (nSPS) is 10.3. The van der Waals surface area contributed by atoms with E-state index < -0.39 is 18.5 Å². The fourth-order valence-corrected chi connectivity index (χ4v) is 2.13. The van der Waals surface area contributed by atoms with Gasteiger partial charge in [-0.3, -0.25) is 4.79 Å². The van der Waals surface area contributed by atoms with E-state index in [1.165, 1.54) is 11.0 Å². The predicted octanol–water partition coefficient (Wildman–Crippen LogP) is 2.11. The Kier molecular flexibility index (Phi) is 5.00. The first-order valence-electron chi connectivity index (χ1n) is 7.18. The summed E-state index contributed by atoms with van der Waals surface area (Å²) in [5.74, 6) is -1.08. The maximum atomic E-state index is 12.1. The number of nitrogens with one attached hydrogen (secondary N) is 1. The third kappa shape index (κ3) is 4.39. The minimum absolute atomic E-state index is 0.285. The summed E-state index contributed by atoms with van der Waals surface area (Å²) in [5, 5.41) is 14.0. The fraction of sp³-hybridized carbons (Fsp3) is 0.0625. The largest absolute Gasteiger partial charge is 0.452 e. The van der Waals surface area contributed by atoms with Gasteiger partial charge in [0, 0.05) is 10.7 Å². The highest BCUT2D eigenvalue weighted by Gasteiger charge is 2.12. The van der Waals surface area contributed by atoms with Gasteiger partial charge in [-0.15, -0.1) is 5.10 Å². The quantitative estimate of drug-likeness (QED) is 0.702. The molecule has 1 heterocycles. The van der Waals surface area contributed by atoms with Gasteiger partial charge in [-0.1, -0.05) is 17.7 Å². The molecule has 0 unspecified atom stereocenters. The van der Waals surface area contributed by atoms with E-state index in [9.17, 15) is 9.59 Å². The van der Waals surface area contributed by atoms with Crippen molar-refractivity contribution in [2.45, 2.75) is 0 Å². The predicted molar refractivity (Wildman–Crippen MR) is 89.5 cm³/mol. The van der Waals surface area contributed by atoms with E-state index >= 15 is 0 Å². The van der Waals surface area contributed by atoms with Crippen molar-refractivity contribution in [3.8, 4) is 5.69 Å². The molecule has 0 spiro atoms. The number of nitrogens with zero attached hydrogens (tertiary/aromatic N) is 4. The van der Waals surface area contributed by atoms with Crippen LogP contribution in [0.15, 0.2) is 54.9 Å². The van der Waals surface area contributed by atoms with Crippen LogP contribution in [0.25, 0.3) is 5.69 Å². The van der Waals surface area contributed by atoms with Crippen LogP contribution in [-0.2, 0) is 9.53 Å². The first-order chi connectivity index (χ1) is 12.1. The molecule has 9 heteroatoms. The second kappa shape index (κ2) is 7.54. The first kappa shape index (κ1) is 16.6. The van der Waals surface area contributed by atoms with Crippen molar-refractivity contribution in [3.63, 3.8) is 0 Å². The Morgan fingerprint density at radius 2 is 1.96 bits per heavy atom. The summed E-state index contributed by atoms with van der Waals surface area (Å²) in [6.45, 7) is -0.406. The molecule has 126 valence electrons. The molecule has 0 aliphatic heterocycles. The van der Waals surface area contributed by atoms with Gasteiger partial charge in [-0.25, -0.2) is 9.48 Å². The highest BCUT2D eigenvalue weighted by atomic mass is 35.5. The van der Waals surface area contributed by atoms with E-state index in [0.29, 0.717) is 16.4 Å². The van der Waals surface area contributed by atoms with E-state index in [-0.39, 0.29) is 5.56 Å². The van der Waals surface area contributed by atoms with Crippen molar-refractivity contribution < 1.29 is 14.3 Å². The Balaban J connectivity index is 1.58. The molecule has 0 fully saturated rings. The zero-order valence-corrected chi connectivity index (χ0v) is 13.6. The molecule has 0 saturated carbocycles. The van der Waals surface area contributed by atoms with Crippen LogP contribution in [0.3, 0.4) is 0 Å². The maximum absolute atomic E-state index is 12.1. The summed E-state index contributed by atoms with van der Waals surface area (Å²) >= 11 is 5.77. The monoisotopic (exact) mass is 357 g/mol. The summed E-state index contributed by atoms with van der Waals surface area (Å²) in [4.78, 5) is 23.9. The molecule has 3 rings (SSSR count). The van der Waals surface area contributed by atoms with Gasteiger partial charge in [-0.05, 0) is 52.9 Å². The SMILES string of the molecule is O=C(COC(=O)c1cccc(-n2cnnn2)c1)Nc1ccc(Cl)cc1. The number of tetrazole rings is 1. The van der Waals surface area contributed by atoms with Crippen molar-refractivity contribution in [1.82, 2.24) is 20.2 Å². The van der Waals surface area contributed by atoms with Crippen LogP contribution in [0.2, 0.25) is 5.02 Å². The molecule has 0 aliphatic carbocycles. The Hall–Kier alpha value is -3.26. The number of rotatable bonds is 5. The second-order valence-electron chi connectivity index (χ2n) is 4.94. The lowest BCUT2D eigenvalue weighted by Gasteiger charge is -2.07. The summed E-state index contributed by atoms with van der Waals surface area (Å²) in [6.07, 6.45) is 1.41. The second-order valence-corrected chi connectivity index (χ2v) is 5.37. The number of hydrogen-bond donors (Lipinski definition) is 1. The van der Waals surface area contributed by atoms with Crippen LogP contribution >= 0.6 is 11.6 Å². The van der Waals surface area contributed by atoms with E-state index in [2.05, 4.69) is 20.8 Å². The van der Waals surface area contributed by atoms with Gasteiger partial charge in [0.2, 0.25) is 0 Å². The molecule has 0 atom stereocenters. The molecule has 3 aromatic rings. The van der Waals surface area contributed by atoms with Crippen molar-refractivity contribution >= 4 is 29.2 Å². The minimum Gasteiger partial charge on any atom is -0.452 e. The number of amides is 1. The number of carbonyl (C=O) groups is 2. The van der Waals surface area contributed by atoms with Crippen LogP contribution in [-0.4, -0.2) is 38.7 Å². The molecular weight excluding hydrogens is 346 g/mol. The van der Waals surface area contributed by atoms with Crippen molar-refractivity contribution in [1.29, 1.82) is 0 Å². The molecule has 8 nitrogen and oxygen atoms in total. The Morgan fingerprint density at radius 1 is 1.16 bits per heavy atom. The average molecular weight is 358 g/mol. The number of halogens is 1. The summed E-state index contributed by atoms with van der Waals surface area (Å²) in [7, 11) is 0. The lowest BCUT2D eigenvalue weighted by atomic mass is 10.2. The smallest absolute Gasteiger partial charge is 0.338 e. The van der Waals surface area contributed by atoms with Crippen LogP contribution < -0.4 is 5.32 Å². The first-order valence-corrected chi connectivity index (χ1v) is 7.55. The van der Waals surface area contributed by atoms with Crippen LogP contribution in [0.1, 0.15) is 10.4 Å². The topological polar surface area (TPSA) is 99.0 Å². The number of carbonyl (C=O) groups excluding carboxylic acids is 2. The van der Waals surface area contributed by atoms with E-state index in [4.69, 9.17) is 16.3 Å². The Labute approximate surface area is 147 Å². The molecule has 25 heavy (non-hydrogen) atoms. The molecule has 1 N–H and O–H groups in total. The highest BCUT2D eigenvalue weighted by molar-refractivity contribution is 6.30. The van der Waals surface area contributed by atoms with Crippen LogP contribution in [0.4, 0.5) is 5.69 Å². The number of hydrogen-bond acceptors (Lipinski definition) is 6. The Morgan fingerprint density at radius 3 is 2.68 bits per heavy atom. The summed E-state index contributed by atoms with van der Waals surface area (Å²) in [6, 6.07) is 13.1. The third-order valence-electron chi connectivity index (χ3n) is 3.16. The van der Waals surface area contributed by atoms with Crippen LogP contribution in [0.5, 0.6) is 0 Å². The number of ether oxygens (including phenoxy) is 1. The number of esters is 1. The van der Waals surface area contributed by atoms with Gasteiger partial charge < -0.3 is 10.1 Å². The lowest BCUT2D eigenvalue weighted by molar-refractivity contribution is -0.119. The molecule has 0 saturated heterocycles. The molecule has 0 bridgehead atoms. The van der Waals surface area contributed by atoms with Crippen molar-refractivity contribution in [3.05, 3.63) is 65.4 Å². The third-order valence-corrected chi connectivity index (χ3v) is 3.41. The zero-order chi connectivity index (χ0) is 17.6. The Bertz CT molecular complexity index is 881. The van der Waals surface area contributed by atoms with Gasteiger partial charge in [0.15, 0.2) is 6.61 Å². The lowest BCUT2D eigenvalue weighted by Crippen LogP contribution is -2.21. The number of anilines is 1. The van der Waals surface area contributed by atoms with Gasteiger partial charge >= 0.3 is 5.97 Å². The van der Waals surface area contributed by atoms with Crippen molar-refractivity contribution in [2.24, 2.45) is 0 Å². The average Bonchev–Trinajstić information content (AvgIpc) is 3.16. The highest BCUT2D eigenvalue weighted by Crippen LogP contribution is 2.13. The van der Waals surface area contributed by atoms with Crippen molar-refractivity contribution in [2.75, 3.05) is 11.9 Å². The molecule has 1 amide bonds. The number of benzene rings is 2. The zero-order valence-electron chi connectivity index (χ0n) is 12.8. The maximum Gasteiger partial charge on any atom is 0.338 e. The molecule has 1 aromatic heterocycles. The standard InChI is InChI=1S/C16H12ClN5O3/c17-12-4-6-13(7-5-12)19-15(23)9-25-16(24)11-2-1-3-14(8-11)22-10-18-20-21-22/h1-8,10H,9H2,(H,19,23). The van der Waals surface area contributed by atoms with E-state index in [1.54, 1.807) is 48.5 Å². The molecule has 2 aromatic carbocycles. The fourth-order valence-electron chi connectivity index (χ4n) is 2.00. The molecule has 0 aliphatic rings. The van der Waals surface area contributed by atoms with E-state index in [1.807, 2.05) is 0 Å². The van der Waals surface area contributed by atoms with E-state index in [0.717, 1.165) is 0 Å².